The van der Waals surface area contributed by atoms with Crippen molar-refractivity contribution in [2.24, 2.45) is 40.6 Å². The molecule has 0 radical (unpaired) electrons. The van der Waals surface area contributed by atoms with Crippen LogP contribution in [0.25, 0.3) is 0 Å². The Morgan fingerprint density at radius 1 is 1.21 bits per heavy atom. The standard InChI is InChI=1S/C19H17N3O6/c1-28-14-5-8(4-13(17(14)23)22(26)27)7-20-21-18(24)15-9-2-3-10(12-6-11(9)12)16(15)19(21)25/h2-5,7,9-12,15-16,23H,6H2,1H3/b20-7-/t9-,10-,11-,12+,15+,16+/m0/s1. The van der Waals surface area contributed by atoms with Crippen LogP contribution in [-0.4, -0.2) is 40.2 Å². The van der Waals surface area contributed by atoms with E-state index in [0.717, 1.165) is 17.5 Å². The van der Waals surface area contributed by atoms with Crippen molar-refractivity contribution in [1.29, 1.82) is 0 Å². The van der Waals surface area contributed by atoms with E-state index in [2.05, 4.69) is 17.3 Å². The average molecular weight is 383 g/mol. The number of nitrogens with zero attached hydrogens (tertiary/aromatic N) is 3. The second-order valence-electron chi connectivity index (χ2n) is 7.74. The number of benzene rings is 1. The molecule has 2 bridgehead atoms. The maximum atomic E-state index is 12.9. The van der Waals surface area contributed by atoms with E-state index < -0.39 is 16.4 Å². The first-order chi connectivity index (χ1) is 13.4. The number of ether oxygens (including phenoxy) is 1. The lowest BCUT2D eigenvalue weighted by Crippen LogP contribution is -2.40. The van der Waals surface area contributed by atoms with Crippen LogP contribution in [0.3, 0.4) is 0 Å². The number of carbonyl (C=O) groups is 2. The molecular formula is C19H17N3O6. The van der Waals surface area contributed by atoms with Crippen LogP contribution < -0.4 is 4.74 Å². The monoisotopic (exact) mass is 383 g/mol. The van der Waals surface area contributed by atoms with Crippen LogP contribution in [0.5, 0.6) is 11.5 Å². The normalized spacial score (nSPS) is 34.7. The third-order valence-electron chi connectivity index (χ3n) is 6.46. The van der Waals surface area contributed by atoms with Gasteiger partial charge in [0.25, 0.3) is 11.8 Å². The lowest BCUT2D eigenvalue weighted by Gasteiger charge is -2.37. The molecule has 2 amide bonds. The fraction of sp³-hybridized carbons (Fsp3) is 0.421. The van der Waals surface area contributed by atoms with Crippen LogP contribution in [0.15, 0.2) is 29.4 Å². The lowest BCUT2D eigenvalue weighted by molar-refractivity contribution is -0.386. The number of nitro benzene ring substituents is 1. The molecule has 0 unspecified atom stereocenters. The van der Waals surface area contributed by atoms with E-state index in [1.54, 1.807) is 0 Å². The molecule has 2 saturated carbocycles. The van der Waals surface area contributed by atoms with Gasteiger partial charge in [0.2, 0.25) is 5.75 Å². The number of phenols is 1. The van der Waals surface area contributed by atoms with Crippen molar-refractivity contribution >= 4 is 23.7 Å². The van der Waals surface area contributed by atoms with Gasteiger partial charge in [-0.2, -0.15) is 10.1 Å². The fourth-order valence-corrected chi connectivity index (χ4v) is 5.16. The van der Waals surface area contributed by atoms with Gasteiger partial charge in [0.15, 0.2) is 5.75 Å². The highest BCUT2D eigenvalue weighted by atomic mass is 16.6. The van der Waals surface area contributed by atoms with E-state index in [1.165, 1.54) is 19.4 Å². The minimum Gasteiger partial charge on any atom is -0.500 e. The lowest BCUT2D eigenvalue weighted by atomic mass is 9.63. The average Bonchev–Trinajstić information content (AvgIpc) is 3.46. The molecule has 1 N–H and O–H groups in total. The van der Waals surface area contributed by atoms with Gasteiger partial charge in [0, 0.05) is 11.6 Å². The Bertz CT molecular complexity index is 950. The molecule has 28 heavy (non-hydrogen) atoms. The minimum atomic E-state index is -0.744. The van der Waals surface area contributed by atoms with Gasteiger partial charge in [0.05, 0.1) is 30.1 Å². The molecule has 3 fully saturated rings. The van der Waals surface area contributed by atoms with Crippen molar-refractivity contribution in [3.8, 4) is 11.5 Å². The Hall–Kier alpha value is -3.23. The maximum Gasteiger partial charge on any atom is 0.315 e. The van der Waals surface area contributed by atoms with Crippen LogP contribution in [0.2, 0.25) is 0 Å². The molecule has 6 atom stereocenters. The zero-order chi connectivity index (χ0) is 19.7. The summed E-state index contributed by atoms with van der Waals surface area (Å²) in [5, 5.41) is 25.9. The van der Waals surface area contributed by atoms with Crippen molar-refractivity contribution < 1.29 is 24.4 Å². The van der Waals surface area contributed by atoms with Crippen molar-refractivity contribution in [1.82, 2.24) is 5.01 Å². The topological polar surface area (TPSA) is 122 Å². The Kier molecular flexibility index (Phi) is 3.40. The molecule has 1 aromatic carbocycles. The number of allylic oxidation sites excluding steroid dienone is 2. The predicted octanol–water partition coefficient (Wildman–Crippen LogP) is 1.70. The SMILES string of the molecule is COc1cc(/C=N\N2C(=O)[C@@H]3[C@H]4C=C[C@@H]([C@@H]5C[C@H]45)[C@H]3C2=O)cc([N+](=O)[O-])c1O. The smallest absolute Gasteiger partial charge is 0.315 e. The third kappa shape index (κ3) is 2.15. The second kappa shape index (κ2) is 5.63. The highest BCUT2D eigenvalue weighted by Gasteiger charge is 2.67. The molecular weight excluding hydrogens is 366 g/mol. The van der Waals surface area contributed by atoms with E-state index in [0.29, 0.717) is 11.8 Å². The number of methoxy groups -OCH3 is 1. The Balaban J connectivity index is 1.45. The number of carbonyl (C=O) groups excluding carboxylic acids is 2. The summed E-state index contributed by atoms with van der Waals surface area (Å²) < 4.78 is 4.95. The summed E-state index contributed by atoms with van der Waals surface area (Å²) in [7, 11) is 1.27. The Labute approximate surface area is 159 Å². The van der Waals surface area contributed by atoms with Crippen molar-refractivity contribution in [2.45, 2.75) is 6.42 Å². The Morgan fingerprint density at radius 2 is 1.82 bits per heavy atom. The van der Waals surface area contributed by atoms with E-state index in [9.17, 15) is 24.8 Å². The van der Waals surface area contributed by atoms with Crippen LogP contribution >= 0.6 is 0 Å². The quantitative estimate of drug-likeness (QED) is 0.278. The predicted molar refractivity (Wildman–Crippen MR) is 95.5 cm³/mol. The number of hydrogen-bond acceptors (Lipinski definition) is 7. The molecule has 1 heterocycles. The first-order valence-corrected chi connectivity index (χ1v) is 9.08. The van der Waals surface area contributed by atoms with Gasteiger partial charge < -0.3 is 9.84 Å². The second-order valence-corrected chi connectivity index (χ2v) is 7.74. The maximum absolute atomic E-state index is 12.9. The molecule has 9 nitrogen and oxygen atoms in total. The summed E-state index contributed by atoms with van der Waals surface area (Å²) in [6.45, 7) is 0. The van der Waals surface area contributed by atoms with E-state index in [-0.39, 0.29) is 46.8 Å². The van der Waals surface area contributed by atoms with Crippen LogP contribution in [0, 0.1) is 45.6 Å². The van der Waals surface area contributed by atoms with Crippen molar-refractivity contribution in [2.75, 3.05) is 7.11 Å². The van der Waals surface area contributed by atoms with E-state index in [4.69, 9.17) is 4.74 Å². The van der Waals surface area contributed by atoms with Crippen LogP contribution in [0.4, 0.5) is 5.69 Å². The van der Waals surface area contributed by atoms with Gasteiger partial charge in [-0.1, -0.05) is 12.2 Å². The summed E-state index contributed by atoms with van der Waals surface area (Å²) in [5.74, 6) is -0.803. The number of hydrazone groups is 1. The number of hydrogen-bond donors (Lipinski definition) is 1. The number of aromatic hydroxyl groups is 1. The molecule has 144 valence electrons. The third-order valence-corrected chi connectivity index (χ3v) is 6.46. The summed E-state index contributed by atoms with van der Waals surface area (Å²) in [6.07, 6.45) is 6.44. The summed E-state index contributed by atoms with van der Waals surface area (Å²) >= 11 is 0. The first kappa shape index (κ1) is 16.9. The van der Waals surface area contributed by atoms with Gasteiger partial charge in [-0.05, 0) is 36.2 Å². The van der Waals surface area contributed by atoms with E-state index in [1.807, 2.05) is 0 Å². The number of phenolic OH excluding ortho intramolecular Hbond substituents is 1. The zero-order valence-corrected chi connectivity index (χ0v) is 14.9. The van der Waals surface area contributed by atoms with Gasteiger partial charge in [-0.25, -0.2) is 0 Å². The largest absolute Gasteiger partial charge is 0.500 e. The number of rotatable bonds is 4. The molecule has 0 aromatic heterocycles. The summed E-state index contributed by atoms with van der Waals surface area (Å²) in [5.41, 5.74) is -0.309. The van der Waals surface area contributed by atoms with Gasteiger partial charge in [0.1, 0.15) is 0 Å². The van der Waals surface area contributed by atoms with Gasteiger partial charge in [-0.15, -0.1) is 0 Å². The van der Waals surface area contributed by atoms with Crippen LogP contribution in [0.1, 0.15) is 12.0 Å². The minimum absolute atomic E-state index is 0.0919. The van der Waals surface area contributed by atoms with Gasteiger partial charge in [-0.3, -0.25) is 19.7 Å². The molecule has 1 saturated heterocycles. The number of amides is 2. The molecule has 0 spiro atoms. The molecule has 1 aromatic rings. The first-order valence-electron chi connectivity index (χ1n) is 9.08. The highest BCUT2D eigenvalue weighted by Crippen LogP contribution is 2.65. The van der Waals surface area contributed by atoms with Crippen molar-refractivity contribution in [3.63, 3.8) is 0 Å². The van der Waals surface area contributed by atoms with E-state index >= 15 is 0 Å². The molecule has 1 aliphatic heterocycles. The van der Waals surface area contributed by atoms with Crippen LogP contribution in [-0.2, 0) is 9.59 Å². The zero-order valence-electron chi connectivity index (χ0n) is 14.9. The van der Waals surface area contributed by atoms with Crippen molar-refractivity contribution in [3.05, 3.63) is 40.0 Å². The number of imide groups is 1. The molecule has 9 heteroatoms. The number of nitro groups is 1. The molecule has 5 aliphatic rings. The summed E-state index contributed by atoms with van der Waals surface area (Å²) in [4.78, 5) is 36.1. The summed E-state index contributed by atoms with van der Waals surface area (Å²) in [6, 6.07) is 2.46. The fourth-order valence-electron chi connectivity index (χ4n) is 5.16. The van der Waals surface area contributed by atoms with Gasteiger partial charge >= 0.3 is 5.69 Å². The molecule has 4 aliphatic carbocycles. The highest BCUT2D eigenvalue weighted by molar-refractivity contribution is 6.06. The Morgan fingerprint density at radius 3 is 2.36 bits per heavy atom. The molecule has 6 rings (SSSR count).